The van der Waals surface area contributed by atoms with Crippen molar-refractivity contribution >= 4 is 34.3 Å². The number of hydrogen-bond acceptors (Lipinski definition) is 5. The van der Waals surface area contributed by atoms with Gasteiger partial charge in [0.25, 0.3) is 0 Å². The summed E-state index contributed by atoms with van der Waals surface area (Å²) in [5.41, 5.74) is 11.1. The topological polar surface area (TPSA) is 57.4 Å². The van der Waals surface area contributed by atoms with Crippen LogP contribution in [0.25, 0.3) is 10.9 Å². The van der Waals surface area contributed by atoms with Gasteiger partial charge in [-0.15, -0.1) is 11.8 Å². The SMILES string of the molecule is NCCSC1c2ccccc2COc2ccc(OCc3ccc4ccc(Cl)cc4n3)cc21. The van der Waals surface area contributed by atoms with E-state index in [4.69, 9.17) is 26.8 Å². The highest BCUT2D eigenvalue weighted by atomic mass is 35.5. The normalized spacial score (nSPS) is 14.9. The second kappa shape index (κ2) is 9.41. The molecule has 4 aromatic rings. The van der Waals surface area contributed by atoms with Crippen LogP contribution < -0.4 is 15.2 Å². The first-order valence-corrected chi connectivity index (χ1v) is 12.0. The average molecular weight is 463 g/mol. The molecule has 0 saturated carbocycles. The van der Waals surface area contributed by atoms with Crippen molar-refractivity contribution in [2.24, 2.45) is 5.73 Å². The standard InChI is InChI=1S/C26H23ClN2O2S/c27-19-7-5-17-6-8-20(29-24(17)13-19)16-30-21-9-10-25-23(14-21)26(32-12-11-28)22-4-2-1-3-18(22)15-31-25/h1-10,13-14,26H,11-12,15-16,28H2. The van der Waals surface area contributed by atoms with Crippen molar-refractivity contribution in [2.75, 3.05) is 12.3 Å². The van der Waals surface area contributed by atoms with Crippen LogP contribution in [0.2, 0.25) is 5.02 Å². The number of hydrogen-bond donors (Lipinski definition) is 1. The Kier molecular flexibility index (Phi) is 6.21. The van der Waals surface area contributed by atoms with Crippen LogP contribution in [0.1, 0.15) is 27.6 Å². The summed E-state index contributed by atoms with van der Waals surface area (Å²) in [6, 6.07) is 24.2. The fourth-order valence-corrected chi connectivity index (χ4v) is 5.24. The van der Waals surface area contributed by atoms with Gasteiger partial charge >= 0.3 is 0 Å². The molecule has 6 heteroatoms. The van der Waals surface area contributed by atoms with Gasteiger partial charge in [0, 0.05) is 28.3 Å². The van der Waals surface area contributed by atoms with E-state index >= 15 is 0 Å². The third-order valence-electron chi connectivity index (χ3n) is 5.49. The molecule has 0 aliphatic carbocycles. The number of aromatic nitrogens is 1. The Morgan fingerprint density at radius 2 is 1.91 bits per heavy atom. The molecule has 0 saturated heterocycles. The molecule has 5 rings (SSSR count). The number of benzene rings is 3. The van der Waals surface area contributed by atoms with Crippen LogP contribution in [0.4, 0.5) is 0 Å². The Morgan fingerprint density at radius 1 is 1.03 bits per heavy atom. The van der Waals surface area contributed by atoms with Crippen LogP contribution in [0.3, 0.4) is 0 Å². The minimum absolute atomic E-state index is 0.150. The maximum absolute atomic E-state index is 6.14. The van der Waals surface area contributed by atoms with E-state index in [2.05, 4.69) is 35.3 Å². The second-order valence-corrected chi connectivity index (χ2v) is 9.30. The highest BCUT2D eigenvalue weighted by Crippen LogP contribution is 2.45. The number of ether oxygens (including phenoxy) is 2. The molecule has 0 radical (unpaired) electrons. The van der Waals surface area contributed by atoms with E-state index in [1.807, 2.05) is 54.2 Å². The lowest BCUT2D eigenvalue weighted by molar-refractivity contribution is 0.295. The molecule has 0 spiro atoms. The summed E-state index contributed by atoms with van der Waals surface area (Å²) in [6.07, 6.45) is 0. The lowest BCUT2D eigenvalue weighted by Gasteiger charge is -2.19. The Balaban J connectivity index is 1.42. The van der Waals surface area contributed by atoms with Gasteiger partial charge in [-0.25, -0.2) is 4.98 Å². The van der Waals surface area contributed by atoms with Gasteiger partial charge in [-0.05, 0) is 47.5 Å². The summed E-state index contributed by atoms with van der Waals surface area (Å²) >= 11 is 7.95. The van der Waals surface area contributed by atoms with E-state index in [0.717, 1.165) is 39.4 Å². The number of rotatable bonds is 6. The van der Waals surface area contributed by atoms with E-state index < -0.39 is 0 Å². The Hall–Kier alpha value is -2.73. The van der Waals surface area contributed by atoms with Crippen molar-refractivity contribution < 1.29 is 9.47 Å². The highest BCUT2D eigenvalue weighted by Gasteiger charge is 2.25. The summed E-state index contributed by atoms with van der Waals surface area (Å²) in [5, 5.41) is 1.88. The molecule has 3 aromatic carbocycles. The summed E-state index contributed by atoms with van der Waals surface area (Å²) in [7, 11) is 0. The van der Waals surface area contributed by atoms with Gasteiger partial charge < -0.3 is 15.2 Å². The zero-order valence-corrected chi connectivity index (χ0v) is 19.0. The van der Waals surface area contributed by atoms with Gasteiger partial charge in [0.05, 0.1) is 16.5 Å². The fraction of sp³-hybridized carbons (Fsp3) is 0.192. The number of fused-ring (bicyclic) bond motifs is 3. The molecule has 1 unspecified atom stereocenters. The van der Waals surface area contributed by atoms with Crippen molar-refractivity contribution in [2.45, 2.75) is 18.5 Å². The first-order valence-electron chi connectivity index (χ1n) is 10.6. The first kappa shape index (κ1) is 21.1. The van der Waals surface area contributed by atoms with Crippen molar-refractivity contribution in [1.82, 2.24) is 4.98 Å². The van der Waals surface area contributed by atoms with Gasteiger partial charge in [-0.1, -0.05) is 48.0 Å². The minimum atomic E-state index is 0.150. The second-order valence-electron chi connectivity index (χ2n) is 7.65. The predicted molar refractivity (Wildman–Crippen MR) is 132 cm³/mol. The summed E-state index contributed by atoms with van der Waals surface area (Å²) < 4.78 is 12.3. The summed E-state index contributed by atoms with van der Waals surface area (Å²) in [5.74, 6) is 2.55. The maximum Gasteiger partial charge on any atom is 0.130 e. The molecule has 1 atom stereocenters. The number of nitrogens with zero attached hydrogens (tertiary/aromatic N) is 1. The van der Waals surface area contributed by atoms with Crippen molar-refractivity contribution in [3.8, 4) is 11.5 Å². The molecule has 1 aliphatic rings. The van der Waals surface area contributed by atoms with E-state index in [1.165, 1.54) is 11.1 Å². The zero-order chi connectivity index (χ0) is 21.9. The average Bonchev–Trinajstić information content (AvgIpc) is 2.97. The van der Waals surface area contributed by atoms with Gasteiger partial charge in [0.15, 0.2) is 0 Å². The van der Waals surface area contributed by atoms with Crippen LogP contribution in [-0.4, -0.2) is 17.3 Å². The van der Waals surface area contributed by atoms with E-state index in [1.54, 1.807) is 0 Å². The highest BCUT2D eigenvalue weighted by molar-refractivity contribution is 7.99. The molecule has 2 N–H and O–H groups in total. The molecular weight excluding hydrogens is 440 g/mol. The van der Waals surface area contributed by atoms with Gasteiger partial charge in [0.2, 0.25) is 0 Å². The van der Waals surface area contributed by atoms with Gasteiger partial charge in [-0.3, -0.25) is 0 Å². The molecule has 0 amide bonds. The number of pyridine rings is 1. The molecule has 162 valence electrons. The fourth-order valence-electron chi connectivity index (χ4n) is 3.93. The lowest BCUT2D eigenvalue weighted by Crippen LogP contribution is -2.06. The molecule has 1 aliphatic heterocycles. The van der Waals surface area contributed by atoms with Crippen LogP contribution in [0.15, 0.2) is 72.8 Å². The van der Waals surface area contributed by atoms with E-state index in [0.29, 0.717) is 24.8 Å². The molecule has 4 nitrogen and oxygen atoms in total. The van der Waals surface area contributed by atoms with Gasteiger partial charge in [0.1, 0.15) is 24.7 Å². The predicted octanol–water partition coefficient (Wildman–Crippen LogP) is 6.14. The Labute approximate surface area is 196 Å². The quantitative estimate of drug-likeness (QED) is 0.373. The third-order valence-corrected chi connectivity index (χ3v) is 7.03. The molecule has 32 heavy (non-hydrogen) atoms. The third kappa shape index (κ3) is 4.42. The van der Waals surface area contributed by atoms with Crippen LogP contribution in [0, 0.1) is 0 Å². The van der Waals surface area contributed by atoms with E-state index in [-0.39, 0.29) is 5.25 Å². The number of nitrogens with two attached hydrogens (primary N) is 1. The molecule has 1 aromatic heterocycles. The maximum atomic E-state index is 6.14. The largest absolute Gasteiger partial charge is 0.489 e. The van der Waals surface area contributed by atoms with Crippen molar-refractivity contribution in [1.29, 1.82) is 0 Å². The van der Waals surface area contributed by atoms with E-state index in [9.17, 15) is 0 Å². The van der Waals surface area contributed by atoms with Crippen molar-refractivity contribution in [3.63, 3.8) is 0 Å². The monoisotopic (exact) mass is 462 g/mol. The summed E-state index contributed by atoms with van der Waals surface area (Å²) in [4.78, 5) is 4.69. The molecule has 2 heterocycles. The van der Waals surface area contributed by atoms with Gasteiger partial charge in [-0.2, -0.15) is 0 Å². The number of thioether (sulfide) groups is 1. The lowest BCUT2D eigenvalue weighted by atomic mass is 10.00. The van der Waals surface area contributed by atoms with Crippen molar-refractivity contribution in [3.05, 3.63) is 100 Å². The Morgan fingerprint density at radius 3 is 2.81 bits per heavy atom. The van der Waals surface area contributed by atoms with Crippen LogP contribution in [0.5, 0.6) is 11.5 Å². The number of halogens is 1. The molecule has 0 bridgehead atoms. The zero-order valence-electron chi connectivity index (χ0n) is 17.5. The van der Waals surface area contributed by atoms with Crippen LogP contribution >= 0.6 is 23.4 Å². The minimum Gasteiger partial charge on any atom is -0.489 e. The van der Waals surface area contributed by atoms with Crippen LogP contribution in [-0.2, 0) is 13.2 Å². The molecular formula is C26H23ClN2O2S. The smallest absolute Gasteiger partial charge is 0.130 e. The Bertz CT molecular complexity index is 1260. The first-order chi connectivity index (χ1) is 15.7. The molecule has 0 fully saturated rings. The summed E-state index contributed by atoms with van der Waals surface area (Å²) in [6.45, 7) is 1.57.